The second-order valence-corrected chi connectivity index (χ2v) is 6.77. The topological polar surface area (TPSA) is 37.4 Å². The minimum atomic E-state index is -0.258. The monoisotopic (exact) mass is 405 g/mol. The van der Waals surface area contributed by atoms with Gasteiger partial charge in [-0.2, -0.15) is 0 Å². The summed E-state index contributed by atoms with van der Waals surface area (Å²) in [5, 5.41) is 0. The summed E-state index contributed by atoms with van der Waals surface area (Å²) in [7, 11) is 0. The first-order valence-electron chi connectivity index (χ1n) is 7.23. The van der Waals surface area contributed by atoms with E-state index in [0.717, 1.165) is 9.13 Å². The van der Waals surface area contributed by atoms with Crippen LogP contribution in [0.4, 0.5) is 5.69 Å². The number of carbonyl (C=O) groups is 2. The molecule has 1 aliphatic rings. The number of amides is 2. The summed E-state index contributed by atoms with van der Waals surface area (Å²) >= 11 is 2.16. The first kappa shape index (κ1) is 15.2. The molecule has 112 valence electrons. The summed E-state index contributed by atoms with van der Waals surface area (Å²) in [5.41, 5.74) is 2.99. The number of carbonyl (C=O) groups excluding carboxylic acids is 2. The number of rotatable bonds is 3. The van der Waals surface area contributed by atoms with Gasteiger partial charge in [-0.15, -0.1) is 0 Å². The van der Waals surface area contributed by atoms with Gasteiger partial charge in [0.05, 0.1) is 11.6 Å². The summed E-state index contributed by atoms with van der Waals surface area (Å²) in [6.45, 7) is 2.03. The molecule has 2 aromatic carbocycles. The predicted molar refractivity (Wildman–Crippen MR) is 94.6 cm³/mol. The molecule has 4 heteroatoms. The average molecular weight is 405 g/mol. The Bertz CT molecular complexity index is 724. The van der Waals surface area contributed by atoms with E-state index < -0.39 is 0 Å². The second kappa shape index (κ2) is 6.20. The molecule has 22 heavy (non-hydrogen) atoms. The highest BCUT2D eigenvalue weighted by molar-refractivity contribution is 14.1. The van der Waals surface area contributed by atoms with Gasteiger partial charge in [-0.05, 0) is 53.6 Å². The smallest absolute Gasteiger partial charge is 0.237 e. The molecule has 0 bridgehead atoms. The van der Waals surface area contributed by atoms with Gasteiger partial charge in [0.25, 0.3) is 0 Å². The molecule has 1 saturated heterocycles. The minimum Gasteiger partial charge on any atom is -0.274 e. The highest BCUT2D eigenvalue weighted by Crippen LogP contribution is 2.31. The molecule has 0 aliphatic carbocycles. The van der Waals surface area contributed by atoms with Crippen molar-refractivity contribution in [2.45, 2.75) is 19.8 Å². The molecule has 0 aromatic heterocycles. The second-order valence-electron chi connectivity index (χ2n) is 5.61. The van der Waals surface area contributed by atoms with Gasteiger partial charge in [0.15, 0.2) is 0 Å². The highest BCUT2D eigenvalue weighted by Gasteiger charge is 2.39. The van der Waals surface area contributed by atoms with E-state index in [-0.39, 0.29) is 24.2 Å². The van der Waals surface area contributed by atoms with Crippen molar-refractivity contribution in [1.29, 1.82) is 0 Å². The number of hydrogen-bond acceptors (Lipinski definition) is 2. The molecule has 0 spiro atoms. The Labute approximate surface area is 143 Å². The normalized spacial score (nSPS) is 18.1. The first-order chi connectivity index (χ1) is 10.6. The third kappa shape index (κ3) is 2.92. The molecular formula is C18H16INO2. The lowest BCUT2D eigenvalue weighted by molar-refractivity contribution is -0.122. The van der Waals surface area contributed by atoms with Crippen molar-refractivity contribution >= 4 is 40.1 Å². The van der Waals surface area contributed by atoms with Crippen LogP contribution < -0.4 is 4.90 Å². The van der Waals surface area contributed by atoms with Crippen LogP contribution in [0.3, 0.4) is 0 Å². The Balaban J connectivity index is 1.82. The number of nitrogens with zero attached hydrogens (tertiary/aromatic N) is 1. The molecule has 1 fully saturated rings. The van der Waals surface area contributed by atoms with Crippen LogP contribution in [-0.2, 0) is 16.0 Å². The van der Waals surface area contributed by atoms with Gasteiger partial charge in [-0.1, -0.05) is 42.0 Å². The number of benzene rings is 2. The molecule has 1 heterocycles. The Morgan fingerprint density at radius 2 is 1.77 bits per heavy atom. The maximum absolute atomic E-state index is 12.6. The van der Waals surface area contributed by atoms with E-state index in [1.165, 1.54) is 10.5 Å². The van der Waals surface area contributed by atoms with Crippen LogP contribution in [0.25, 0.3) is 0 Å². The molecule has 3 nitrogen and oxygen atoms in total. The van der Waals surface area contributed by atoms with E-state index in [1.807, 2.05) is 55.5 Å². The van der Waals surface area contributed by atoms with Crippen LogP contribution in [0, 0.1) is 16.4 Å². The SMILES string of the molecule is Cc1ccc(C[C@@H]2CC(=O)N(c3ccccc3I)C2=O)cc1. The van der Waals surface area contributed by atoms with Crippen molar-refractivity contribution in [3.05, 3.63) is 63.2 Å². The molecule has 2 amide bonds. The van der Waals surface area contributed by atoms with Gasteiger partial charge in [-0.25, -0.2) is 4.90 Å². The summed E-state index contributed by atoms with van der Waals surface area (Å²) in [4.78, 5) is 26.3. The van der Waals surface area contributed by atoms with Gasteiger partial charge in [0.2, 0.25) is 11.8 Å². The Kier molecular flexibility index (Phi) is 4.29. The van der Waals surface area contributed by atoms with Gasteiger partial charge in [0, 0.05) is 9.99 Å². The van der Waals surface area contributed by atoms with Crippen molar-refractivity contribution in [1.82, 2.24) is 0 Å². The zero-order valence-electron chi connectivity index (χ0n) is 12.3. The summed E-state index contributed by atoms with van der Waals surface area (Å²) < 4.78 is 0.915. The fourth-order valence-corrected chi connectivity index (χ4v) is 3.38. The number of aryl methyl sites for hydroxylation is 1. The number of halogens is 1. The van der Waals surface area contributed by atoms with Crippen LogP contribution in [0.15, 0.2) is 48.5 Å². The fourth-order valence-electron chi connectivity index (χ4n) is 2.75. The molecule has 1 atom stereocenters. The number of para-hydroxylation sites is 1. The largest absolute Gasteiger partial charge is 0.274 e. The predicted octanol–water partition coefficient (Wildman–Crippen LogP) is 3.72. The van der Waals surface area contributed by atoms with Crippen LogP contribution in [0.5, 0.6) is 0 Å². The van der Waals surface area contributed by atoms with Crippen molar-refractivity contribution in [2.75, 3.05) is 4.90 Å². The lowest BCUT2D eigenvalue weighted by Crippen LogP contribution is -2.31. The summed E-state index contributed by atoms with van der Waals surface area (Å²) in [6.07, 6.45) is 0.905. The average Bonchev–Trinajstić information content (AvgIpc) is 2.77. The maximum atomic E-state index is 12.6. The lowest BCUT2D eigenvalue weighted by Gasteiger charge is -2.16. The van der Waals surface area contributed by atoms with Crippen molar-refractivity contribution in [3.63, 3.8) is 0 Å². The highest BCUT2D eigenvalue weighted by atomic mass is 127. The van der Waals surface area contributed by atoms with E-state index in [0.29, 0.717) is 12.1 Å². The van der Waals surface area contributed by atoms with Gasteiger partial charge in [0.1, 0.15) is 0 Å². The van der Waals surface area contributed by atoms with Crippen LogP contribution >= 0.6 is 22.6 Å². The van der Waals surface area contributed by atoms with Crippen molar-refractivity contribution in [2.24, 2.45) is 5.92 Å². The quantitative estimate of drug-likeness (QED) is 0.577. The lowest BCUT2D eigenvalue weighted by atomic mass is 9.97. The van der Waals surface area contributed by atoms with E-state index in [2.05, 4.69) is 22.6 Å². The minimum absolute atomic E-state index is 0.0882. The van der Waals surface area contributed by atoms with Crippen molar-refractivity contribution in [3.8, 4) is 0 Å². The van der Waals surface area contributed by atoms with Crippen LogP contribution in [-0.4, -0.2) is 11.8 Å². The molecule has 0 N–H and O–H groups in total. The Morgan fingerprint density at radius 1 is 1.09 bits per heavy atom. The molecule has 1 aliphatic heterocycles. The van der Waals surface area contributed by atoms with Crippen LogP contribution in [0.1, 0.15) is 17.5 Å². The number of anilines is 1. The number of imide groups is 1. The summed E-state index contributed by atoms with van der Waals surface area (Å²) in [6, 6.07) is 15.6. The fraction of sp³-hybridized carbons (Fsp3) is 0.222. The van der Waals surface area contributed by atoms with Gasteiger partial charge in [-0.3, -0.25) is 9.59 Å². The standard InChI is InChI=1S/C18H16INO2/c1-12-6-8-13(9-7-12)10-14-11-17(21)20(18(14)22)16-5-3-2-4-15(16)19/h2-9,14H,10-11H2,1H3/t14-/m1/s1. The molecule has 0 saturated carbocycles. The molecule has 0 unspecified atom stereocenters. The van der Waals surface area contributed by atoms with E-state index >= 15 is 0 Å². The molecule has 0 radical (unpaired) electrons. The maximum Gasteiger partial charge on any atom is 0.237 e. The van der Waals surface area contributed by atoms with E-state index in [9.17, 15) is 9.59 Å². The zero-order chi connectivity index (χ0) is 15.7. The third-order valence-electron chi connectivity index (χ3n) is 3.94. The van der Waals surface area contributed by atoms with Gasteiger partial charge < -0.3 is 0 Å². The molecule has 2 aromatic rings. The Hall–Kier alpha value is -1.69. The first-order valence-corrected chi connectivity index (χ1v) is 8.31. The van der Waals surface area contributed by atoms with Gasteiger partial charge >= 0.3 is 0 Å². The third-order valence-corrected chi connectivity index (χ3v) is 4.85. The zero-order valence-corrected chi connectivity index (χ0v) is 14.4. The molecular weight excluding hydrogens is 389 g/mol. The van der Waals surface area contributed by atoms with E-state index in [1.54, 1.807) is 0 Å². The van der Waals surface area contributed by atoms with Crippen molar-refractivity contribution < 1.29 is 9.59 Å². The molecule has 3 rings (SSSR count). The Morgan fingerprint density at radius 3 is 2.45 bits per heavy atom. The van der Waals surface area contributed by atoms with Crippen LogP contribution in [0.2, 0.25) is 0 Å². The van der Waals surface area contributed by atoms with E-state index in [4.69, 9.17) is 0 Å². The number of hydrogen-bond donors (Lipinski definition) is 0. The summed E-state index contributed by atoms with van der Waals surface area (Å²) in [5.74, 6) is -0.452.